The number of ether oxygens (including phenoxy) is 1. The minimum Gasteiger partial charge on any atom is -0.772 e. The van der Waals surface area contributed by atoms with E-state index in [9.17, 15) is 17.9 Å². The summed E-state index contributed by atoms with van der Waals surface area (Å²) in [6.45, 7) is 5.32. The van der Waals surface area contributed by atoms with Crippen molar-refractivity contribution in [2.24, 2.45) is 0 Å². The van der Waals surface area contributed by atoms with E-state index in [1.165, 1.54) is 6.92 Å². The zero-order valence-corrected chi connectivity index (χ0v) is 19.2. The zero-order chi connectivity index (χ0) is 23.7. The van der Waals surface area contributed by atoms with Crippen LogP contribution >= 0.6 is 0 Å². The van der Waals surface area contributed by atoms with Gasteiger partial charge in [-0.05, 0) is 31.9 Å². The molecular weight excluding hydrogens is 449 g/mol. The smallest absolute Gasteiger partial charge is 0.322 e. The van der Waals surface area contributed by atoms with Crippen molar-refractivity contribution in [3.63, 3.8) is 0 Å². The maximum Gasteiger partial charge on any atom is 0.322 e. The van der Waals surface area contributed by atoms with Crippen LogP contribution < -0.4 is 9.64 Å². The third-order valence-electron chi connectivity index (χ3n) is 5.59. The van der Waals surface area contributed by atoms with Crippen molar-refractivity contribution in [3.05, 3.63) is 48.3 Å². The molecule has 1 amide bonds. The maximum atomic E-state index is 13.3. The second-order valence-corrected chi connectivity index (χ2v) is 9.35. The van der Waals surface area contributed by atoms with Gasteiger partial charge in [-0.1, -0.05) is 18.0 Å². The number of benzene rings is 1. The number of anilines is 1. The standard InChI is InChI=1S/C22H24FN5O4S/c1-13-4-5-19-20(28(13)15(3)29)7-6-18(21(19)32-22-24-9-17(23)10-25-22)16-8-26-27(12-16)11-14(2)33(30)31/h6-10,12-14H,4-5,11H2,1-3H3,(H,30,31)/p-1/t13-,14?/m0/s1. The van der Waals surface area contributed by atoms with E-state index in [1.807, 2.05) is 19.1 Å². The van der Waals surface area contributed by atoms with Crippen LogP contribution in [0.5, 0.6) is 11.8 Å². The molecule has 0 bridgehead atoms. The number of carbonyl (C=O) groups excluding carboxylic acids is 1. The van der Waals surface area contributed by atoms with Crippen molar-refractivity contribution in [1.29, 1.82) is 0 Å². The number of rotatable bonds is 6. The number of fused-ring (bicyclic) bond motifs is 1. The first-order valence-corrected chi connectivity index (χ1v) is 11.6. The average molecular weight is 473 g/mol. The molecule has 0 saturated carbocycles. The highest BCUT2D eigenvalue weighted by molar-refractivity contribution is 7.79. The van der Waals surface area contributed by atoms with Gasteiger partial charge in [0.1, 0.15) is 5.75 Å². The number of halogens is 1. The molecule has 0 spiro atoms. The summed E-state index contributed by atoms with van der Waals surface area (Å²) in [5.74, 6) is -0.203. The van der Waals surface area contributed by atoms with Crippen molar-refractivity contribution in [2.45, 2.75) is 51.4 Å². The summed E-state index contributed by atoms with van der Waals surface area (Å²) in [5.41, 5.74) is 2.94. The van der Waals surface area contributed by atoms with Gasteiger partial charge in [-0.25, -0.2) is 14.4 Å². The molecule has 2 unspecified atom stereocenters. The molecule has 174 valence electrons. The Morgan fingerprint density at radius 1 is 1.33 bits per heavy atom. The lowest BCUT2D eigenvalue weighted by Gasteiger charge is -2.35. The van der Waals surface area contributed by atoms with Crippen molar-refractivity contribution in [3.8, 4) is 22.9 Å². The van der Waals surface area contributed by atoms with Gasteiger partial charge in [0.05, 0.1) is 30.8 Å². The molecule has 1 aliphatic heterocycles. The van der Waals surface area contributed by atoms with Crippen molar-refractivity contribution < 1.29 is 22.7 Å². The number of nitrogens with zero attached hydrogens (tertiary/aromatic N) is 5. The third-order valence-corrected chi connectivity index (χ3v) is 6.40. The summed E-state index contributed by atoms with van der Waals surface area (Å²) in [5, 5.41) is 3.68. The Balaban J connectivity index is 1.80. The highest BCUT2D eigenvalue weighted by atomic mass is 32.2. The van der Waals surface area contributed by atoms with Gasteiger partial charge >= 0.3 is 6.01 Å². The Labute approximate surface area is 192 Å². The molecule has 4 rings (SSSR count). The molecule has 9 nitrogen and oxygen atoms in total. The van der Waals surface area contributed by atoms with Gasteiger partial charge in [-0.15, -0.1) is 0 Å². The summed E-state index contributed by atoms with van der Waals surface area (Å²) in [6.07, 6.45) is 6.79. The molecule has 0 aliphatic carbocycles. The quantitative estimate of drug-likeness (QED) is 0.506. The third kappa shape index (κ3) is 4.79. The fourth-order valence-electron chi connectivity index (χ4n) is 4.00. The van der Waals surface area contributed by atoms with E-state index in [-0.39, 0.29) is 24.5 Å². The monoisotopic (exact) mass is 472 g/mol. The molecular formula is C22H23FN5O4S-. The number of hydrogen-bond acceptors (Lipinski definition) is 7. The summed E-state index contributed by atoms with van der Waals surface area (Å²) in [4.78, 5) is 21.9. The molecule has 1 aliphatic rings. The Kier molecular flexibility index (Phi) is 6.52. The summed E-state index contributed by atoms with van der Waals surface area (Å²) in [6, 6.07) is 3.70. The number of amides is 1. The second-order valence-electron chi connectivity index (χ2n) is 8.02. The fourth-order valence-corrected chi connectivity index (χ4v) is 4.27. The van der Waals surface area contributed by atoms with Crippen LogP contribution in [0.3, 0.4) is 0 Å². The topological polar surface area (TPSA) is 113 Å². The molecule has 33 heavy (non-hydrogen) atoms. The van der Waals surface area contributed by atoms with Crippen molar-refractivity contribution in [2.75, 3.05) is 4.90 Å². The minimum absolute atomic E-state index is 0.0261. The molecule has 3 heterocycles. The van der Waals surface area contributed by atoms with E-state index < -0.39 is 22.1 Å². The van der Waals surface area contributed by atoms with Gasteiger partial charge in [-0.3, -0.25) is 13.7 Å². The van der Waals surface area contributed by atoms with E-state index >= 15 is 0 Å². The highest BCUT2D eigenvalue weighted by Crippen LogP contribution is 2.44. The molecule has 1 aromatic carbocycles. The Morgan fingerprint density at radius 3 is 2.73 bits per heavy atom. The van der Waals surface area contributed by atoms with E-state index in [2.05, 4.69) is 15.1 Å². The molecule has 2 aromatic heterocycles. The van der Waals surface area contributed by atoms with E-state index in [0.29, 0.717) is 23.3 Å². The van der Waals surface area contributed by atoms with Gasteiger partial charge in [-0.2, -0.15) is 5.10 Å². The van der Waals surface area contributed by atoms with Crippen LogP contribution in [0.25, 0.3) is 11.1 Å². The van der Waals surface area contributed by atoms with Gasteiger partial charge in [0, 0.05) is 41.1 Å². The highest BCUT2D eigenvalue weighted by Gasteiger charge is 2.30. The summed E-state index contributed by atoms with van der Waals surface area (Å²) >= 11 is -2.21. The lowest BCUT2D eigenvalue weighted by Crippen LogP contribution is -2.40. The van der Waals surface area contributed by atoms with E-state index in [1.54, 1.807) is 28.9 Å². The predicted octanol–water partition coefficient (Wildman–Crippen LogP) is 3.23. The molecule has 3 aromatic rings. The Hall–Kier alpha value is -3.18. The average Bonchev–Trinajstić information content (AvgIpc) is 3.23. The van der Waals surface area contributed by atoms with Crippen LogP contribution in [-0.4, -0.2) is 45.7 Å². The summed E-state index contributed by atoms with van der Waals surface area (Å²) < 4.78 is 43.3. The SMILES string of the molecule is CC(=O)N1c2ccc(-c3cnn(CC(C)S(=O)[O-])c3)c(Oc3ncc(F)cn3)c2CC[C@@H]1C. The molecule has 0 N–H and O–H groups in total. The van der Waals surface area contributed by atoms with E-state index in [0.717, 1.165) is 30.1 Å². The second kappa shape index (κ2) is 9.36. The van der Waals surface area contributed by atoms with E-state index in [4.69, 9.17) is 4.74 Å². The Bertz CT molecular complexity index is 1200. The normalized spacial score (nSPS) is 17.4. The lowest BCUT2D eigenvalue weighted by molar-refractivity contribution is -0.117. The van der Waals surface area contributed by atoms with Crippen molar-refractivity contribution in [1.82, 2.24) is 19.7 Å². The zero-order valence-electron chi connectivity index (χ0n) is 18.4. The Morgan fingerprint density at radius 2 is 2.06 bits per heavy atom. The van der Waals surface area contributed by atoms with Crippen molar-refractivity contribution >= 4 is 22.7 Å². The molecule has 3 atom stereocenters. The van der Waals surface area contributed by atoms with Gasteiger partial charge in [0.15, 0.2) is 5.82 Å². The number of aromatic nitrogens is 4. The first-order chi connectivity index (χ1) is 15.7. The molecule has 0 saturated heterocycles. The fraction of sp³-hybridized carbons (Fsp3) is 0.364. The maximum absolute atomic E-state index is 13.3. The van der Waals surface area contributed by atoms with Gasteiger partial charge in [0.2, 0.25) is 5.91 Å². The number of carbonyl (C=O) groups is 1. The lowest BCUT2D eigenvalue weighted by atomic mass is 9.92. The van der Waals surface area contributed by atoms with Gasteiger partial charge < -0.3 is 14.2 Å². The number of hydrogen-bond donors (Lipinski definition) is 0. The van der Waals surface area contributed by atoms with Gasteiger partial charge in [0.25, 0.3) is 0 Å². The molecule has 0 radical (unpaired) electrons. The van der Waals surface area contributed by atoms with Crippen LogP contribution in [-0.2, 0) is 28.8 Å². The van der Waals surface area contributed by atoms with Crippen LogP contribution in [0.15, 0.2) is 36.9 Å². The first kappa shape index (κ1) is 23.0. The van der Waals surface area contributed by atoms with Crippen LogP contribution in [0.2, 0.25) is 0 Å². The minimum atomic E-state index is -2.21. The van der Waals surface area contributed by atoms with Crippen LogP contribution in [0.4, 0.5) is 10.1 Å². The summed E-state index contributed by atoms with van der Waals surface area (Å²) in [7, 11) is 0. The molecule has 11 heteroatoms. The van der Waals surface area contributed by atoms with Crippen LogP contribution in [0, 0.1) is 5.82 Å². The first-order valence-electron chi connectivity index (χ1n) is 10.5. The van der Waals surface area contributed by atoms with Crippen LogP contribution in [0.1, 0.15) is 32.8 Å². The predicted molar refractivity (Wildman–Crippen MR) is 119 cm³/mol. The largest absolute Gasteiger partial charge is 0.772 e. The molecule has 0 fully saturated rings.